The molecule has 0 aromatic heterocycles. The molecule has 2 aliphatic rings. The molecule has 2 amide bonds. The number of ether oxygens (including phenoxy) is 1. The Morgan fingerprint density at radius 1 is 0.846 bits per heavy atom. The fourth-order valence-corrected chi connectivity index (χ4v) is 4.13. The third-order valence-electron chi connectivity index (χ3n) is 3.51. The van der Waals surface area contributed by atoms with Crippen molar-refractivity contribution in [2.24, 2.45) is 0 Å². The molecule has 142 valence electrons. The van der Waals surface area contributed by atoms with Crippen LogP contribution in [-0.2, 0) is 38.3 Å². The van der Waals surface area contributed by atoms with Crippen LogP contribution in [0, 0.1) is 0 Å². The Morgan fingerprint density at radius 3 is 1.88 bits per heavy atom. The molecule has 26 heavy (non-hydrogen) atoms. The van der Waals surface area contributed by atoms with Crippen LogP contribution in [0.15, 0.2) is 0 Å². The number of carbonyl (C=O) groups is 6. The van der Waals surface area contributed by atoms with Crippen LogP contribution in [0.2, 0.25) is 0 Å². The Labute approximate surface area is 156 Å². The minimum atomic E-state index is -1.24. The minimum absolute atomic E-state index is 0.00422. The molecule has 9 nitrogen and oxygen atoms in total. The Hall–Kier alpha value is -1.88. The van der Waals surface area contributed by atoms with Crippen molar-refractivity contribution in [1.82, 2.24) is 5.06 Å². The van der Waals surface area contributed by atoms with Gasteiger partial charge in [0.1, 0.15) is 0 Å². The quantitative estimate of drug-likeness (QED) is 0.178. The number of nitrogens with zero attached hydrogens (tertiary/aromatic N) is 1. The summed E-state index contributed by atoms with van der Waals surface area (Å²) in [6.07, 6.45) is -0.875. The van der Waals surface area contributed by atoms with E-state index in [1.807, 2.05) is 0 Å². The van der Waals surface area contributed by atoms with Crippen LogP contribution < -0.4 is 0 Å². The average molecular weight is 403 g/mol. The molecule has 0 radical (unpaired) electrons. The summed E-state index contributed by atoms with van der Waals surface area (Å²) in [5.74, 6) is -2.31. The van der Waals surface area contributed by atoms with Crippen molar-refractivity contribution >= 4 is 56.9 Å². The van der Waals surface area contributed by atoms with Gasteiger partial charge in [0.2, 0.25) is 6.10 Å². The molecule has 0 atom stereocenters. The highest BCUT2D eigenvalue weighted by molar-refractivity contribution is 8.76. The summed E-state index contributed by atoms with van der Waals surface area (Å²) in [6, 6.07) is 0. The third kappa shape index (κ3) is 5.84. The topological polar surface area (TPSA) is 124 Å². The van der Waals surface area contributed by atoms with E-state index < -0.39 is 29.9 Å². The molecule has 0 unspecified atom stereocenters. The summed E-state index contributed by atoms with van der Waals surface area (Å²) in [5.41, 5.74) is 0. The van der Waals surface area contributed by atoms with Gasteiger partial charge in [-0.05, 0) is 0 Å². The lowest BCUT2D eigenvalue weighted by Gasteiger charge is -2.12. The van der Waals surface area contributed by atoms with Gasteiger partial charge < -0.3 is 9.57 Å². The van der Waals surface area contributed by atoms with E-state index in [-0.39, 0.29) is 50.1 Å². The monoisotopic (exact) mass is 403 g/mol. The number of Topliss-reactive ketones (excluding diaryl/α,β-unsaturated/α-hetero) is 2. The Morgan fingerprint density at radius 2 is 1.35 bits per heavy atom. The van der Waals surface area contributed by atoms with Gasteiger partial charge >= 0.3 is 11.9 Å². The van der Waals surface area contributed by atoms with Crippen molar-refractivity contribution in [3.05, 3.63) is 0 Å². The average Bonchev–Trinajstić information content (AvgIpc) is 3.08. The van der Waals surface area contributed by atoms with Crippen molar-refractivity contribution < 1.29 is 38.3 Å². The molecule has 1 saturated carbocycles. The van der Waals surface area contributed by atoms with Gasteiger partial charge in [-0.2, -0.15) is 0 Å². The normalized spacial score (nSPS) is 17.9. The number of imide groups is 1. The Kier molecular flexibility index (Phi) is 7.64. The predicted molar refractivity (Wildman–Crippen MR) is 90.5 cm³/mol. The lowest BCUT2D eigenvalue weighted by Crippen LogP contribution is -2.32. The van der Waals surface area contributed by atoms with Crippen LogP contribution >= 0.6 is 21.6 Å². The van der Waals surface area contributed by atoms with Crippen LogP contribution in [0.3, 0.4) is 0 Å². The van der Waals surface area contributed by atoms with Crippen LogP contribution in [0.1, 0.15) is 38.5 Å². The molecule has 0 aromatic rings. The number of hydrogen-bond acceptors (Lipinski definition) is 10. The largest absolute Gasteiger partial charge is 0.446 e. The summed E-state index contributed by atoms with van der Waals surface area (Å²) in [7, 11) is 2.63. The molecule has 0 N–H and O–H groups in total. The number of carbonyl (C=O) groups excluding carboxylic acids is 6. The molecule has 0 bridgehead atoms. The van der Waals surface area contributed by atoms with Crippen molar-refractivity contribution in [3.8, 4) is 0 Å². The van der Waals surface area contributed by atoms with Crippen LogP contribution in [-0.4, -0.2) is 58.0 Å². The molecular formula is C15H17NO8S2. The molecule has 1 aliphatic heterocycles. The van der Waals surface area contributed by atoms with Gasteiger partial charge in [0, 0.05) is 37.2 Å². The molecule has 11 heteroatoms. The van der Waals surface area contributed by atoms with E-state index in [1.54, 1.807) is 0 Å². The highest BCUT2D eigenvalue weighted by Gasteiger charge is 2.36. The summed E-state index contributed by atoms with van der Waals surface area (Å²) in [4.78, 5) is 73.2. The van der Waals surface area contributed by atoms with Crippen LogP contribution in [0.5, 0.6) is 0 Å². The second kappa shape index (κ2) is 9.72. The molecule has 0 spiro atoms. The maximum Gasteiger partial charge on any atom is 0.334 e. The van der Waals surface area contributed by atoms with Crippen LogP contribution in [0.4, 0.5) is 0 Å². The smallest absolute Gasteiger partial charge is 0.334 e. The standard InChI is InChI=1S/C15H17NO8S2/c17-9-1-2-10(18)15(9)23-13(21)5-7-25-26-8-6-14(22)24-16-11(19)3-4-12(16)20/h15H,1-8H2. The zero-order chi connectivity index (χ0) is 19.1. The second-order valence-electron chi connectivity index (χ2n) is 5.49. The van der Waals surface area contributed by atoms with E-state index in [0.29, 0.717) is 16.6 Å². The predicted octanol–water partition coefficient (Wildman–Crippen LogP) is 0.599. The van der Waals surface area contributed by atoms with E-state index in [0.717, 1.165) is 0 Å². The number of rotatable bonds is 9. The molecule has 0 aromatic carbocycles. The molecule has 1 heterocycles. The van der Waals surface area contributed by atoms with Gasteiger partial charge in [-0.25, -0.2) is 4.79 Å². The molecular weight excluding hydrogens is 386 g/mol. The fraction of sp³-hybridized carbons (Fsp3) is 0.600. The van der Waals surface area contributed by atoms with Gasteiger partial charge in [-0.3, -0.25) is 24.0 Å². The highest BCUT2D eigenvalue weighted by atomic mass is 33.1. The fourth-order valence-electron chi connectivity index (χ4n) is 2.18. The van der Waals surface area contributed by atoms with Gasteiger partial charge in [-0.1, -0.05) is 21.6 Å². The van der Waals surface area contributed by atoms with E-state index in [9.17, 15) is 28.8 Å². The zero-order valence-electron chi connectivity index (χ0n) is 13.8. The van der Waals surface area contributed by atoms with E-state index in [2.05, 4.69) is 0 Å². The number of amides is 2. The maximum atomic E-state index is 11.6. The maximum absolute atomic E-state index is 11.6. The van der Waals surface area contributed by atoms with Crippen molar-refractivity contribution in [1.29, 1.82) is 0 Å². The zero-order valence-corrected chi connectivity index (χ0v) is 15.4. The van der Waals surface area contributed by atoms with E-state index in [1.165, 1.54) is 21.6 Å². The molecule has 2 rings (SSSR count). The van der Waals surface area contributed by atoms with E-state index in [4.69, 9.17) is 9.57 Å². The van der Waals surface area contributed by atoms with Gasteiger partial charge in [0.05, 0.1) is 12.8 Å². The summed E-state index contributed by atoms with van der Waals surface area (Å²) < 4.78 is 4.87. The third-order valence-corrected chi connectivity index (χ3v) is 5.92. The Bertz CT molecular complexity index is 549. The first-order valence-corrected chi connectivity index (χ1v) is 10.4. The van der Waals surface area contributed by atoms with Gasteiger partial charge in [-0.15, -0.1) is 5.06 Å². The summed E-state index contributed by atoms with van der Waals surface area (Å²) in [6.45, 7) is 0. The first-order valence-electron chi connectivity index (χ1n) is 7.94. The number of hydroxylamine groups is 2. The lowest BCUT2D eigenvalue weighted by molar-refractivity contribution is -0.197. The molecule has 2 fully saturated rings. The number of esters is 1. The van der Waals surface area contributed by atoms with Gasteiger partial charge in [0.15, 0.2) is 11.6 Å². The van der Waals surface area contributed by atoms with Crippen molar-refractivity contribution in [2.45, 2.75) is 44.6 Å². The number of hydrogen-bond donors (Lipinski definition) is 0. The minimum Gasteiger partial charge on any atom is -0.446 e. The highest BCUT2D eigenvalue weighted by Crippen LogP contribution is 2.24. The van der Waals surface area contributed by atoms with Crippen molar-refractivity contribution in [2.75, 3.05) is 11.5 Å². The molecule has 1 aliphatic carbocycles. The summed E-state index contributed by atoms with van der Waals surface area (Å²) in [5, 5.41) is 0.502. The first kappa shape index (κ1) is 20.4. The van der Waals surface area contributed by atoms with Crippen LogP contribution in [0.25, 0.3) is 0 Å². The van der Waals surface area contributed by atoms with E-state index >= 15 is 0 Å². The van der Waals surface area contributed by atoms with Crippen molar-refractivity contribution in [3.63, 3.8) is 0 Å². The Balaban J connectivity index is 1.52. The SMILES string of the molecule is O=C(CCSSCCC(=O)ON1C(=O)CCC1=O)OC1C(=O)CCC1=O. The lowest BCUT2D eigenvalue weighted by atomic mass is 10.3. The van der Waals surface area contributed by atoms with Gasteiger partial charge in [0.25, 0.3) is 11.8 Å². The second-order valence-corrected chi connectivity index (χ2v) is 8.19. The first-order chi connectivity index (χ1) is 12.4. The number of ketones is 2. The summed E-state index contributed by atoms with van der Waals surface area (Å²) >= 11 is 0. The molecule has 1 saturated heterocycles.